The Kier molecular flexibility index (Phi) is 3.44. The van der Waals surface area contributed by atoms with Crippen molar-refractivity contribution in [3.8, 4) is 0 Å². The van der Waals surface area contributed by atoms with Crippen LogP contribution in [-0.2, 0) is 12.8 Å². The second-order valence-corrected chi connectivity index (χ2v) is 6.92. The summed E-state index contributed by atoms with van der Waals surface area (Å²) in [5.74, 6) is 0.858. The molecule has 92 valence electrons. The van der Waals surface area contributed by atoms with Crippen LogP contribution in [0.5, 0.6) is 0 Å². The van der Waals surface area contributed by atoms with Crippen LogP contribution in [0.25, 0.3) is 0 Å². The Hall–Kier alpha value is -0.470. The molecule has 1 aromatic carbocycles. The summed E-state index contributed by atoms with van der Waals surface area (Å²) < 4.78 is 0. The molecule has 1 saturated heterocycles. The fourth-order valence-electron chi connectivity index (χ4n) is 3.10. The Morgan fingerprint density at radius 2 is 2.35 bits per heavy atom. The van der Waals surface area contributed by atoms with Crippen molar-refractivity contribution in [1.29, 1.82) is 0 Å². The Labute approximate surface area is 108 Å². The summed E-state index contributed by atoms with van der Waals surface area (Å²) in [6.07, 6.45) is 5.31. The van der Waals surface area contributed by atoms with E-state index in [9.17, 15) is 0 Å². The minimum Gasteiger partial charge on any atom is -0.316 e. The molecule has 2 unspecified atom stereocenters. The van der Waals surface area contributed by atoms with Crippen molar-refractivity contribution in [3.05, 3.63) is 29.3 Å². The fourth-order valence-corrected chi connectivity index (χ4v) is 4.30. The minimum atomic E-state index is 0.774. The van der Waals surface area contributed by atoms with Gasteiger partial charge in [-0.05, 0) is 61.9 Å². The molecule has 2 atom stereocenters. The maximum absolute atomic E-state index is 3.53. The van der Waals surface area contributed by atoms with Gasteiger partial charge in [-0.25, -0.2) is 0 Å². The number of piperidine rings is 1. The van der Waals surface area contributed by atoms with E-state index < -0.39 is 0 Å². The summed E-state index contributed by atoms with van der Waals surface area (Å²) >= 11 is 2.05. The van der Waals surface area contributed by atoms with Gasteiger partial charge in [0.1, 0.15) is 0 Å². The third-order valence-electron chi connectivity index (χ3n) is 3.96. The minimum absolute atomic E-state index is 0.774. The first-order valence-electron chi connectivity index (χ1n) is 6.81. The van der Waals surface area contributed by atoms with Crippen LogP contribution < -0.4 is 5.32 Å². The average Bonchev–Trinajstić information content (AvgIpc) is 2.72. The van der Waals surface area contributed by atoms with Gasteiger partial charge in [0, 0.05) is 10.1 Å². The maximum Gasteiger partial charge on any atom is 0.0110 e. The molecule has 2 aliphatic heterocycles. The lowest BCUT2D eigenvalue weighted by Crippen LogP contribution is -2.31. The number of benzene rings is 1. The Bertz CT molecular complexity index is 396. The second-order valence-electron chi connectivity index (χ2n) is 5.44. The van der Waals surface area contributed by atoms with Crippen LogP contribution in [-0.4, -0.2) is 18.3 Å². The number of hydrogen-bond donors (Lipinski definition) is 1. The topological polar surface area (TPSA) is 12.0 Å². The van der Waals surface area contributed by atoms with E-state index in [0.717, 1.165) is 11.2 Å². The molecule has 0 spiro atoms. The van der Waals surface area contributed by atoms with Gasteiger partial charge in [-0.2, -0.15) is 0 Å². The molecule has 1 nitrogen and oxygen atoms in total. The quantitative estimate of drug-likeness (QED) is 0.861. The predicted molar refractivity (Wildman–Crippen MR) is 74.8 cm³/mol. The molecule has 2 heterocycles. The Morgan fingerprint density at radius 3 is 3.18 bits per heavy atom. The molecule has 0 bridgehead atoms. The van der Waals surface area contributed by atoms with Gasteiger partial charge in [-0.1, -0.05) is 19.1 Å². The van der Waals surface area contributed by atoms with Crippen LogP contribution in [0.2, 0.25) is 0 Å². The molecule has 2 heteroatoms. The SMILES string of the molecule is CC1Cc2c(CC3CCCNC3)cccc2S1. The highest BCUT2D eigenvalue weighted by molar-refractivity contribution is 8.00. The van der Waals surface area contributed by atoms with Gasteiger partial charge in [0.05, 0.1) is 0 Å². The van der Waals surface area contributed by atoms with Crippen molar-refractivity contribution < 1.29 is 0 Å². The van der Waals surface area contributed by atoms with E-state index in [-0.39, 0.29) is 0 Å². The largest absolute Gasteiger partial charge is 0.316 e. The molecule has 2 aliphatic rings. The molecule has 0 saturated carbocycles. The van der Waals surface area contributed by atoms with Crippen molar-refractivity contribution >= 4 is 11.8 Å². The fraction of sp³-hybridized carbons (Fsp3) is 0.600. The number of nitrogens with one attached hydrogen (secondary N) is 1. The monoisotopic (exact) mass is 247 g/mol. The highest BCUT2D eigenvalue weighted by atomic mass is 32.2. The summed E-state index contributed by atoms with van der Waals surface area (Å²) in [5.41, 5.74) is 3.27. The van der Waals surface area contributed by atoms with Gasteiger partial charge < -0.3 is 5.32 Å². The third-order valence-corrected chi connectivity index (χ3v) is 5.16. The highest BCUT2D eigenvalue weighted by Crippen LogP contribution is 2.39. The summed E-state index contributed by atoms with van der Waals surface area (Å²) in [6.45, 7) is 4.78. The van der Waals surface area contributed by atoms with Crippen molar-refractivity contribution in [1.82, 2.24) is 5.32 Å². The highest BCUT2D eigenvalue weighted by Gasteiger charge is 2.22. The molecular formula is C15H21NS. The Balaban J connectivity index is 1.77. The zero-order valence-corrected chi connectivity index (χ0v) is 11.4. The summed E-state index contributed by atoms with van der Waals surface area (Å²) in [5, 5.41) is 4.30. The number of rotatable bonds is 2. The first-order valence-corrected chi connectivity index (χ1v) is 7.69. The van der Waals surface area contributed by atoms with Gasteiger partial charge in [0.25, 0.3) is 0 Å². The van der Waals surface area contributed by atoms with Crippen molar-refractivity contribution in [3.63, 3.8) is 0 Å². The molecule has 0 aromatic heterocycles. The van der Waals surface area contributed by atoms with Crippen molar-refractivity contribution in [2.24, 2.45) is 5.92 Å². The Morgan fingerprint density at radius 1 is 1.41 bits per heavy atom. The van der Waals surface area contributed by atoms with Gasteiger partial charge in [0.15, 0.2) is 0 Å². The third kappa shape index (κ3) is 2.53. The van der Waals surface area contributed by atoms with E-state index in [4.69, 9.17) is 0 Å². The van der Waals surface area contributed by atoms with E-state index in [0.29, 0.717) is 0 Å². The number of hydrogen-bond acceptors (Lipinski definition) is 2. The lowest BCUT2D eigenvalue weighted by molar-refractivity contribution is 0.375. The van der Waals surface area contributed by atoms with E-state index in [2.05, 4.69) is 42.2 Å². The van der Waals surface area contributed by atoms with Crippen LogP contribution >= 0.6 is 11.8 Å². The van der Waals surface area contributed by atoms with Crippen molar-refractivity contribution in [2.75, 3.05) is 13.1 Å². The predicted octanol–water partition coefficient (Wildman–Crippen LogP) is 3.27. The zero-order chi connectivity index (χ0) is 11.7. The first kappa shape index (κ1) is 11.6. The standard InChI is InChI=1S/C15H21NS/c1-11-8-14-13(5-2-6-15(14)17-11)9-12-4-3-7-16-10-12/h2,5-6,11-12,16H,3-4,7-10H2,1H3. The van der Waals surface area contributed by atoms with Crippen molar-refractivity contribution in [2.45, 2.75) is 42.8 Å². The van der Waals surface area contributed by atoms with Crippen LogP contribution in [0.3, 0.4) is 0 Å². The molecule has 0 amide bonds. The molecule has 0 radical (unpaired) electrons. The van der Waals surface area contributed by atoms with Crippen LogP contribution in [0.4, 0.5) is 0 Å². The lowest BCUT2D eigenvalue weighted by Gasteiger charge is -2.23. The summed E-state index contributed by atoms with van der Waals surface area (Å²) in [4.78, 5) is 1.54. The van der Waals surface area contributed by atoms with Gasteiger partial charge >= 0.3 is 0 Å². The molecule has 1 aromatic rings. The van der Waals surface area contributed by atoms with Crippen LogP contribution in [0.1, 0.15) is 30.9 Å². The first-order chi connectivity index (χ1) is 8.33. The number of fused-ring (bicyclic) bond motifs is 1. The van der Waals surface area contributed by atoms with Gasteiger partial charge in [-0.15, -0.1) is 11.8 Å². The van der Waals surface area contributed by atoms with Crippen LogP contribution in [0.15, 0.2) is 23.1 Å². The second kappa shape index (κ2) is 5.03. The number of thioether (sulfide) groups is 1. The lowest BCUT2D eigenvalue weighted by atomic mass is 9.89. The molecule has 0 aliphatic carbocycles. The zero-order valence-electron chi connectivity index (χ0n) is 10.5. The average molecular weight is 247 g/mol. The van der Waals surface area contributed by atoms with E-state index in [1.165, 1.54) is 38.8 Å². The van der Waals surface area contributed by atoms with E-state index in [1.54, 1.807) is 16.0 Å². The smallest absolute Gasteiger partial charge is 0.0110 e. The molecule has 3 rings (SSSR count). The summed E-state index contributed by atoms with van der Waals surface area (Å²) in [7, 11) is 0. The van der Waals surface area contributed by atoms with Gasteiger partial charge in [0.2, 0.25) is 0 Å². The maximum atomic E-state index is 3.53. The molecule has 17 heavy (non-hydrogen) atoms. The molecular weight excluding hydrogens is 226 g/mol. The molecule has 1 fully saturated rings. The summed E-state index contributed by atoms with van der Waals surface area (Å²) in [6, 6.07) is 6.90. The van der Waals surface area contributed by atoms with Crippen LogP contribution in [0, 0.1) is 5.92 Å². The van der Waals surface area contributed by atoms with E-state index >= 15 is 0 Å². The van der Waals surface area contributed by atoms with E-state index in [1.807, 2.05) is 0 Å². The van der Waals surface area contributed by atoms with Gasteiger partial charge in [-0.3, -0.25) is 0 Å². The normalized spacial score (nSPS) is 28.1. The molecule has 1 N–H and O–H groups in total.